The number of nitrogens with zero attached hydrogens (tertiary/aromatic N) is 2. The summed E-state index contributed by atoms with van der Waals surface area (Å²) in [5.74, 6) is -4.91. The van der Waals surface area contributed by atoms with Crippen molar-refractivity contribution in [3.63, 3.8) is 0 Å². The Bertz CT molecular complexity index is 334. The van der Waals surface area contributed by atoms with Crippen LogP contribution in [0.3, 0.4) is 0 Å². The molecule has 0 bridgehead atoms. The Morgan fingerprint density at radius 2 is 0.783 bits per heavy atom. The summed E-state index contributed by atoms with van der Waals surface area (Å²) in [7, 11) is 0. The molecule has 0 radical (unpaired) electrons. The van der Waals surface area contributed by atoms with Crippen molar-refractivity contribution in [2.24, 2.45) is 0 Å². The first-order valence-corrected chi connectivity index (χ1v) is 5.52. The van der Waals surface area contributed by atoms with E-state index in [2.05, 4.69) is 0 Å². The van der Waals surface area contributed by atoms with E-state index in [4.69, 9.17) is 20.4 Å². The SMILES string of the molecule is O.O.O=C(O)CN(CCN(CC(=O)O)CC(=O)O)CC(=O)O.[Ca+2].[H-].[H-]. The van der Waals surface area contributed by atoms with E-state index in [1.165, 1.54) is 0 Å². The van der Waals surface area contributed by atoms with Crippen LogP contribution in [0.2, 0.25) is 0 Å². The summed E-state index contributed by atoms with van der Waals surface area (Å²) in [4.78, 5) is 44.4. The number of hydrogen-bond donors (Lipinski definition) is 4. The molecule has 0 aliphatic rings. The van der Waals surface area contributed by atoms with Gasteiger partial charge in [0.2, 0.25) is 0 Å². The van der Waals surface area contributed by atoms with Crippen LogP contribution in [0.4, 0.5) is 0 Å². The first kappa shape index (κ1) is 29.9. The molecule has 0 fully saturated rings. The minimum atomic E-state index is -1.23. The summed E-state index contributed by atoms with van der Waals surface area (Å²) in [6.45, 7) is -2.25. The largest absolute Gasteiger partial charge is 2.00 e. The molecule has 0 aliphatic carbocycles. The van der Waals surface area contributed by atoms with Crippen molar-refractivity contribution < 1.29 is 53.4 Å². The van der Waals surface area contributed by atoms with Crippen LogP contribution in [0.1, 0.15) is 2.85 Å². The van der Waals surface area contributed by atoms with E-state index in [1.807, 2.05) is 0 Å². The van der Waals surface area contributed by atoms with E-state index in [0.29, 0.717) is 0 Å². The van der Waals surface area contributed by atoms with Crippen LogP contribution in [0.15, 0.2) is 0 Å². The van der Waals surface area contributed by atoms with Crippen molar-refractivity contribution in [2.75, 3.05) is 39.3 Å². The van der Waals surface area contributed by atoms with Gasteiger partial charge in [-0.25, -0.2) is 0 Å². The van der Waals surface area contributed by atoms with Gasteiger partial charge in [0.25, 0.3) is 0 Å². The Balaban J connectivity index is -0.000000180. The van der Waals surface area contributed by atoms with E-state index < -0.39 is 50.1 Å². The van der Waals surface area contributed by atoms with Crippen LogP contribution in [0.25, 0.3) is 0 Å². The van der Waals surface area contributed by atoms with Crippen LogP contribution in [-0.4, -0.2) is 142 Å². The minimum Gasteiger partial charge on any atom is -1.00 e. The molecular formula is C10H22CaN2O10. The van der Waals surface area contributed by atoms with Gasteiger partial charge in [0, 0.05) is 13.1 Å². The molecule has 0 heterocycles. The quantitative estimate of drug-likeness (QED) is 0.259. The second kappa shape index (κ2) is 15.9. The van der Waals surface area contributed by atoms with Crippen LogP contribution >= 0.6 is 0 Å². The van der Waals surface area contributed by atoms with E-state index >= 15 is 0 Å². The average Bonchev–Trinajstić information content (AvgIpc) is 2.22. The van der Waals surface area contributed by atoms with E-state index in [0.717, 1.165) is 9.80 Å². The molecule has 0 aromatic heterocycles. The fourth-order valence-corrected chi connectivity index (χ4v) is 1.48. The van der Waals surface area contributed by atoms with Gasteiger partial charge in [0.05, 0.1) is 26.2 Å². The first-order chi connectivity index (χ1) is 9.20. The van der Waals surface area contributed by atoms with Gasteiger partial charge in [0.1, 0.15) is 0 Å². The maximum absolute atomic E-state index is 10.6. The third kappa shape index (κ3) is 18.9. The maximum Gasteiger partial charge on any atom is 2.00 e. The molecule has 0 rings (SSSR count). The van der Waals surface area contributed by atoms with Gasteiger partial charge >= 0.3 is 61.6 Å². The summed E-state index contributed by atoms with van der Waals surface area (Å²) < 4.78 is 0. The number of carboxylic acid groups (broad SMARTS) is 4. The van der Waals surface area contributed by atoms with Gasteiger partial charge in [-0.2, -0.15) is 0 Å². The molecule has 0 saturated carbocycles. The maximum atomic E-state index is 10.6. The molecule has 0 spiro atoms. The molecular weight excluding hydrogens is 348 g/mol. The molecule has 0 aromatic carbocycles. The van der Waals surface area contributed by atoms with Crippen LogP contribution < -0.4 is 0 Å². The molecule has 0 atom stereocenters. The zero-order valence-corrected chi connectivity index (χ0v) is 14.5. The standard InChI is InChI=1S/C10H16N2O8.Ca.2H2O.2H/c13-7(14)3-11(4-8(15)16)1-2-12(5-9(17)18)6-10(19)20;;;;;/h1-6H2,(H,13,14)(H,15,16)(H,17,18)(H,19,20);;2*1H2;;/q;+2;;;2*-1. The van der Waals surface area contributed by atoms with Crippen molar-refractivity contribution in [2.45, 2.75) is 0 Å². The van der Waals surface area contributed by atoms with Crippen molar-refractivity contribution in [1.29, 1.82) is 0 Å². The Kier molecular flexibility index (Phi) is 20.6. The van der Waals surface area contributed by atoms with Gasteiger partial charge < -0.3 is 34.2 Å². The molecule has 0 amide bonds. The fourth-order valence-electron chi connectivity index (χ4n) is 1.48. The van der Waals surface area contributed by atoms with Crippen LogP contribution in [-0.2, 0) is 19.2 Å². The molecule has 8 N–H and O–H groups in total. The number of hydrogen-bond acceptors (Lipinski definition) is 6. The third-order valence-corrected chi connectivity index (χ3v) is 2.17. The second-order valence-corrected chi connectivity index (χ2v) is 4.00. The Labute approximate surface area is 163 Å². The van der Waals surface area contributed by atoms with Gasteiger partial charge in [-0.3, -0.25) is 29.0 Å². The number of carboxylic acids is 4. The van der Waals surface area contributed by atoms with E-state index in [9.17, 15) is 19.2 Å². The molecule has 0 unspecified atom stereocenters. The zero-order valence-electron chi connectivity index (χ0n) is 14.3. The Morgan fingerprint density at radius 3 is 0.913 bits per heavy atom. The van der Waals surface area contributed by atoms with Crippen molar-refractivity contribution >= 4 is 61.6 Å². The van der Waals surface area contributed by atoms with Gasteiger partial charge in [-0.15, -0.1) is 0 Å². The summed E-state index contributed by atoms with van der Waals surface area (Å²) in [5, 5.41) is 34.5. The minimum absolute atomic E-state index is 0. The molecule has 12 nitrogen and oxygen atoms in total. The number of aliphatic carboxylic acids is 4. The fraction of sp³-hybridized carbons (Fsp3) is 0.600. The van der Waals surface area contributed by atoms with Gasteiger partial charge in [0.15, 0.2) is 0 Å². The van der Waals surface area contributed by atoms with E-state index in [1.54, 1.807) is 0 Å². The first-order valence-electron chi connectivity index (χ1n) is 5.52. The Morgan fingerprint density at radius 1 is 0.609 bits per heavy atom. The normalized spacial score (nSPS) is 9.30. The monoisotopic (exact) mass is 370 g/mol. The van der Waals surface area contributed by atoms with Gasteiger partial charge in [-0.1, -0.05) is 0 Å². The van der Waals surface area contributed by atoms with Gasteiger partial charge in [-0.05, 0) is 0 Å². The van der Waals surface area contributed by atoms with E-state index in [-0.39, 0.29) is 64.6 Å². The zero-order chi connectivity index (χ0) is 15.7. The molecule has 0 aromatic rings. The van der Waals surface area contributed by atoms with Crippen molar-refractivity contribution in [3.8, 4) is 0 Å². The summed E-state index contributed by atoms with van der Waals surface area (Å²) in [5.41, 5.74) is 0. The molecule has 134 valence electrons. The molecule has 0 saturated heterocycles. The summed E-state index contributed by atoms with van der Waals surface area (Å²) >= 11 is 0. The predicted octanol–water partition coefficient (Wildman–Crippen LogP) is -3.88. The predicted molar refractivity (Wildman–Crippen MR) is 78.6 cm³/mol. The molecule has 23 heavy (non-hydrogen) atoms. The summed E-state index contributed by atoms with van der Waals surface area (Å²) in [6, 6.07) is 0. The number of carbonyl (C=O) groups is 4. The average molecular weight is 370 g/mol. The number of rotatable bonds is 11. The van der Waals surface area contributed by atoms with Crippen molar-refractivity contribution in [3.05, 3.63) is 0 Å². The second-order valence-electron chi connectivity index (χ2n) is 4.00. The summed E-state index contributed by atoms with van der Waals surface area (Å²) in [6.07, 6.45) is 0. The molecule has 13 heteroatoms. The molecule has 0 aliphatic heterocycles. The van der Waals surface area contributed by atoms with Crippen LogP contribution in [0, 0.1) is 0 Å². The smallest absolute Gasteiger partial charge is 1.00 e. The Hall–Kier alpha value is -1.02. The van der Waals surface area contributed by atoms with Crippen molar-refractivity contribution in [1.82, 2.24) is 9.80 Å². The van der Waals surface area contributed by atoms with Crippen LogP contribution in [0.5, 0.6) is 0 Å². The third-order valence-electron chi connectivity index (χ3n) is 2.17. The topological polar surface area (TPSA) is 219 Å².